The van der Waals surface area contributed by atoms with Gasteiger partial charge in [-0.1, -0.05) is 0 Å². The van der Waals surface area contributed by atoms with Crippen LogP contribution < -0.4 is 4.72 Å². The molecule has 1 aliphatic rings. The minimum atomic E-state index is -4.05. The summed E-state index contributed by atoms with van der Waals surface area (Å²) in [5, 5.41) is 0. The van der Waals surface area contributed by atoms with E-state index in [1.54, 1.807) is 0 Å². The SMILES string of the molecule is O=S(=O)(NC[C@H]1CCCO1)c1cc(F)ccc1F. The van der Waals surface area contributed by atoms with Crippen molar-refractivity contribution >= 4 is 10.0 Å². The van der Waals surface area contributed by atoms with Crippen molar-refractivity contribution in [3.63, 3.8) is 0 Å². The number of nitrogens with one attached hydrogen (secondary N) is 1. The van der Waals surface area contributed by atoms with Crippen molar-refractivity contribution in [3.05, 3.63) is 29.8 Å². The fourth-order valence-corrected chi connectivity index (χ4v) is 2.92. The number of hydrogen-bond acceptors (Lipinski definition) is 3. The third-order valence-electron chi connectivity index (χ3n) is 2.71. The highest BCUT2D eigenvalue weighted by atomic mass is 32.2. The van der Waals surface area contributed by atoms with Crippen molar-refractivity contribution in [3.8, 4) is 0 Å². The van der Waals surface area contributed by atoms with E-state index < -0.39 is 26.6 Å². The average Bonchev–Trinajstić information content (AvgIpc) is 2.83. The summed E-state index contributed by atoms with van der Waals surface area (Å²) in [6.45, 7) is 0.666. The second kappa shape index (κ2) is 5.29. The van der Waals surface area contributed by atoms with E-state index in [2.05, 4.69) is 4.72 Å². The number of halogens is 2. The van der Waals surface area contributed by atoms with Crippen molar-refractivity contribution in [2.75, 3.05) is 13.2 Å². The molecule has 1 saturated heterocycles. The van der Waals surface area contributed by atoms with Crippen molar-refractivity contribution in [2.24, 2.45) is 0 Å². The molecule has 1 atom stereocenters. The molecule has 4 nitrogen and oxygen atoms in total. The Morgan fingerprint density at radius 1 is 1.39 bits per heavy atom. The molecule has 1 N–H and O–H groups in total. The van der Waals surface area contributed by atoms with E-state index in [-0.39, 0.29) is 12.6 Å². The largest absolute Gasteiger partial charge is 0.377 e. The number of hydrogen-bond donors (Lipinski definition) is 1. The topological polar surface area (TPSA) is 55.4 Å². The smallest absolute Gasteiger partial charge is 0.243 e. The zero-order chi connectivity index (χ0) is 13.2. The van der Waals surface area contributed by atoms with Crippen molar-refractivity contribution in [2.45, 2.75) is 23.8 Å². The molecule has 1 aromatic rings. The number of sulfonamides is 1. The van der Waals surface area contributed by atoms with Gasteiger partial charge >= 0.3 is 0 Å². The Labute approximate surface area is 104 Å². The zero-order valence-corrected chi connectivity index (χ0v) is 10.3. The predicted octanol–water partition coefficient (Wildman–Crippen LogP) is 1.42. The van der Waals surface area contributed by atoms with Gasteiger partial charge in [-0.05, 0) is 31.0 Å². The Balaban J connectivity index is 2.12. The molecule has 0 amide bonds. The van der Waals surface area contributed by atoms with Gasteiger partial charge in [-0.25, -0.2) is 21.9 Å². The molecule has 1 heterocycles. The highest BCUT2D eigenvalue weighted by Gasteiger charge is 2.23. The van der Waals surface area contributed by atoms with Crippen LogP contribution in [0.1, 0.15) is 12.8 Å². The molecular weight excluding hydrogens is 264 g/mol. The summed E-state index contributed by atoms with van der Waals surface area (Å²) in [7, 11) is -4.05. The van der Waals surface area contributed by atoms with Crippen LogP contribution in [0.2, 0.25) is 0 Å². The maximum atomic E-state index is 13.3. The summed E-state index contributed by atoms with van der Waals surface area (Å²) in [6, 6.07) is 2.32. The van der Waals surface area contributed by atoms with E-state index in [4.69, 9.17) is 4.74 Å². The zero-order valence-electron chi connectivity index (χ0n) is 9.53. The maximum absolute atomic E-state index is 13.3. The van der Waals surface area contributed by atoms with Gasteiger partial charge in [0.2, 0.25) is 10.0 Å². The van der Waals surface area contributed by atoms with Crippen LogP contribution in [0.4, 0.5) is 8.78 Å². The van der Waals surface area contributed by atoms with Gasteiger partial charge in [0.05, 0.1) is 6.10 Å². The van der Waals surface area contributed by atoms with Crippen molar-refractivity contribution in [1.29, 1.82) is 0 Å². The van der Waals surface area contributed by atoms with Crippen LogP contribution in [0.3, 0.4) is 0 Å². The Morgan fingerprint density at radius 3 is 2.83 bits per heavy atom. The lowest BCUT2D eigenvalue weighted by molar-refractivity contribution is 0.114. The molecule has 18 heavy (non-hydrogen) atoms. The second-order valence-corrected chi connectivity index (χ2v) is 5.80. The maximum Gasteiger partial charge on any atom is 0.243 e. The highest BCUT2D eigenvalue weighted by molar-refractivity contribution is 7.89. The fourth-order valence-electron chi connectivity index (χ4n) is 1.77. The van der Waals surface area contributed by atoms with Gasteiger partial charge in [0, 0.05) is 13.2 Å². The Kier molecular flexibility index (Phi) is 3.94. The van der Waals surface area contributed by atoms with Crippen LogP contribution >= 0.6 is 0 Å². The number of benzene rings is 1. The molecule has 0 unspecified atom stereocenters. The van der Waals surface area contributed by atoms with E-state index in [1.807, 2.05) is 0 Å². The standard InChI is InChI=1S/C11H13F2NO3S/c12-8-3-4-10(13)11(6-8)18(15,16)14-7-9-2-1-5-17-9/h3-4,6,9,14H,1-2,5,7H2/t9-/m1/s1. The normalized spacial score (nSPS) is 20.2. The Hall–Kier alpha value is -1.05. The monoisotopic (exact) mass is 277 g/mol. The molecule has 0 radical (unpaired) electrons. The third-order valence-corrected chi connectivity index (χ3v) is 4.15. The van der Waals surface area contributed by atoms with Crippen LogP contribution in [-0.2, 0) is 14.8 Å². The average molecular weight is 277 g/mol. The predicted molar refractivity (Wildman–Crippen MR) is 60.5 cm³/mol. The first-order valence-corrected chi connectivity index (χ1v) is 7.04. The summed E-state index contributed by atoms with van der Waals surface area (Å²) < 4.78 is 57.3. The Morgan fingerprint density at radius 2 is 2.17 bits per heavy atom. The summed E-state index contributed by atoms with van der Waals surface area (Å²) in [5.74, 6) is -1.77. The van der Waals surface area contributed by atoms with E-state index in [0.29, 0.717) is 12.7 Å². The second-order valence-electron chi connectivity index (χ2n) is 4.06. The minimum absolute atomic E-state index is 0.0677. The molecule has 0 aliphatic carbocycles. The number of ether oxygens (including phenoxy) is 1. The lowest BCUT2D eigenvalue weighted by Crippen LogP contribution is -2.32. The first-order chi connectivity index (χ1) is 8.49. The van der Waals surface area contributed by atoms with E-state index in [9.17, 15) is 17.2 Å². The fraction of sp³-hybridized carbons (Fsp3) is 0.455. The minimum Gasteiger partial charge on any atom is -0.377 e. The summed E-state index contributed by atoms with van der Waals surface area (Å²) in [6.07, 6.45) is 1.44. The molecule has 1 aliphatic heterocycles. The van der Waals surface area contributed by atoms with E-state index in [1.165, 1.54) is 0 Å². The quantitative estimate of drug-likeness (QED) is 0.905. The first-order valence-electron chi connectivity index (χ1n) is 5.55. The van der Waals surface area contributed by atoms with Crippen molar-refractivity contribution < 1.29 is 21.9 Å². The lowest BCUT2D eigenvalue weighted by atomic mass is 10.2. The Bertz CT molecular complexity index is 527. The van der Waals surface area contributed by atoms with E-state index in [0.717, 1.165) is 25.0 Å². The lowest BCUT2D eigenvalue weighted by Gasteiger charge is -2.11. The van der Waals surface area contributed by atoms with Crippen LogP contribution in [0.5, 0.6) is 0 Å². The van der Waals surface area contributed by atoms with Crippen LogP contribution in [0, 0.1) is 11.6 Å². The van der Waals surface area contributed by atoms with Crippen LogP contribution in [0.15, 0.2) is 23.1 Å². The van der Waals surface area contributed by atoms with Gasteiger partial charge in [0.25, 0.3) is 0 Å². The van der Waals surface area contributed by atoms with Crippen molar-refractivity contribution in [1.82, 2.24) is 4.72 Å². The highest BCUT2D eigenvalue weighted by Crippen LogP contribution is 2.17. The van der Waals surface area contributed by atoms with E-state index >= 15 is 0 Å². The molecule has 100 valence electrons. The van der Waals surface area contributed by atoms with Gasteiger partial charge < -0.3 is 4.74 Å². The first kappa shape index (κ1) is 13.4. The summed E-state index contributed by atoms with van der Waals surface area (Å²) in [4.78, 5) is -0.680. The molecular formula is C11H13F2NO3S. The van der Waals surface area contributed by atoms with Gasteiger partial charge in [0.15, 0.2) is 0 Å². The molecule has 1 aromatic carbocycles. The molecule has 1 fully saturated rings. The molecule has 0 spiro atoms. The molecule has 0 aromatic heterocycles. The van der Waals surface area contributed by atoms with Gasteiger partial charge in [0.1, 0.15) is 16.5 Å². The summed E-state index contributed by atoms with van der Waals surface area (Å²) >= 11 is 0. The molecule has 7 heteroatoms. The van der Waals surface area contributed by atoms with Gasteiger partial charge in [-0.15, -0.1) is 0 Å². The van der Waals surface area contributed by atoms with Gasteiger partial charge in [-0.3, -0.25) is 0 Å². The van der Waals surface area contributed by atoms with Crippen LogP contribution in [0.25, 0.3) is 0 Å². The summed E-state index contributed by atoms with van der Waals surface area (Å²) in [5.41, 5.74) is 0. The van der Waals surface area contributed by atoms with Gasteiger partial charge in [-0.2, -0.15) is 0 Å². The number of rotatable bonds is 4. The molecule has 2 rings (SSSR count). The molecule has 0 bridgehead atoms. The van der Waals surface area contributed by atoms with Crippen LogP contribution in [-0.4, -0.2) is 27.7 Å². The third kappa shape index (κ3) is 3.04. The molecule has 0 saturated carbocycles.